The van der Waals surface area contributed by atoms with E-state index in [9.17, 15) is 13.2 Å². The number of hydrogen-bond acceptors (Lipinski definition) is 1. The maximum absolute atomic E-state index is 12.4. The molecule has 0 aliphatic rings. The molecule has 2 aromatic carbocycles. The van der Waals surface area contributed by atoms with Crippen LogP contribution in [-0.2, 0) is 12.7 Å². The lowest BCUT2D eigenvalue weighted by Gasteiger charge is -2.10. The summed E-state index contributed by atoms with van der Waals surface area (Å²) in [7, 11) is 0. The largest absolute Gasteiger partial charge is 0.416 e. The lowest BCUT2D eigenvalue weighted by molar-refractivity contribution is -0.137. The SMILES string of the molecule is [CH2]c1ccccc1NCc1ccc(C(F)(F)F)cc1. The Morgan fingerprint density at radius 1 is 0.947 bits per heavy atom. The van der Waals surface area contributed by atoms with Crippen LogP contribution < -0.4 is 5.32 Å². The van der Waals surface area contributed by atoms with Crippen LogP contribution in [0.5, 0.6) is 0 Å². The Balaban J connectivity index is 2.03. The molecule has 0 heterocycles. The van der Waals surface area contributed by atoms with Gasteiger partial charge >= 0.3 is 6.18 Å². The average molecular weight is 264 g/mol. The molecule has 0 aromatic heterocycles. The van der Waals surface area contributed by atoms with E-state index in [2.05, 4.69) is 12.2 Å². The highest BCUT2D eigenvalue weighted by molar-refractivity contribution is 5.52. The topological polar surface area (TPSA) is 12.0 Å². The second-order valence-corrected chi connectivity index (χ2v) is 4.21. The number of hydrogen-bond donors (Lipinski definition) is 1. The highest BCUT2D eigenvalue weighted by atomic mass is 19.4. The van der Waals surface area contributed by atoms with Crippen LogP contribution in [0.1, 0.15) is 16.7 Å². The molecular formula is C15H13F3N. The van der Waals surface area contributed by atoms with Crippen molar-refractivity contribution in [2.75, 3.05) is 5.32 Å². The maximum Gasteiger partial charge on any atom is 0.416 e. The molecule has 4 heteroatoms. The fraction of sp³-hybridized carbons (Fsp3) is 0.133. The monoisotopic (exact) mass is 264 g/mol. The molecule has 19 heavy (non-hydrogen) atoms. The van der Waals surface area contributed by atoms with E-state index < -0.39 is 11.7 Å². The quantitative estimate of drug-likeness (QED) is 0.860. The molecule has 0 saturated carbocycles. The summed E-state index contributed by atoms with van der Waals surface area (Å²) in [6, 6.07) is 12.6. The number of rotatable bonds is 3. The zero-order valence-electron chi connectivity index (χ0n) is 10.2. The van der Waals surface area contributed by atoms with E-state index in [1.807, 2.05) is 24.3 Å². The van der Waals surface area contributed by atoms with Crippen LogP contribution >= 0.6 is 0 Å². The summed E-state index contributed by atoms with van der Waals surface area (Å²) in [6.45, 7) is 4.33. The third-order valence-electron chi connectivity index (χ3n) is 2.78. The fourth-order valence-electron chi connectivity index (χ4n) is 1.70. The van der Waals surface area contributed by atoms with E-state index in [4.69, 9.17) is 0 Å². The lowest BCUT2D eigenvalue weighted by atomic mass is 10.1. The molecular weight excluding hydrogens is 251 g/mol. The smallest absolute Gasteiger partial charge is 0.381 e. The molecule has 0 fully saturated rings. The van der Waals surface area contributed by atoms with Gasteiger partial charge in [0.05, 0.1) is 5.56 Å². The average Bonchev–Trinajstić information content (AvgIpc) is 2.37. The van der Waals surface area contributed by atoms with Crippen LogP contribution in [0.15, 0.2) is 48.5 Å². The number of benzene rings is 2. The molecule has 2 aromatic rings. The summed E-state index contributed by atoms with van der Waals surface area (Å²) in [5, 5.41) is 3.14. The predicted molar refractivity (Wildman–Crippen MR) is 69.7 cm³/mol. The first kappa shape index (κ1) is 13.5. The van der Waals surface area contributed by atoms with Crippen molar-refractivity contribution in [1.29, 1.82) is 0 Å². The maximum atomic E-state index is 12.4. The first-order valence-corrected chi connectivity index (χ1v) is 5.78. The van der Waals surface area contributed by atoms with Crippen LogP contribution in [0.2, 0.25) is 0 Å². The van der Waals surface area contributed by atoms with Gasteiger partial charge in [0.1, 0.15) is 0 Å². The van der Waals surface area contributed by atoms with E-state index in [1.54, 1.807) is 0 Å². The van der Waals surface area contributed by atoms with Crippen LogP contribution in [0.3, 0.4) is 0 Å². The number of para-hydroxylation sites is 1. The Labute approximate surface area is 110 Å². The molecule has 0 spiro atoms. The van der Waals surface area contributed by atoms with E-state index in [-0.39, 0.29) is 0 Å². The molecule has 2 rings (SSSR count). The molecule has 0 amide bonds. The van der Waals surface area contributed by atoms with Crippen molar-refractivity contribution in [3.8, 4) is 0 Å². The fourth-order valence-corrected chi connectivity index (χ4v) is 1.70. The van der Waals surface area contributed by atoms with Crippen molar-refractivity contribution in [3.05, 3.63) is 72.1 Å². The zero-order valence-corrected chi connectivity index (χ0v) is 10.2. The van der Waals surface area contributed by atoms with Gasteiger partial charge in [0.15, 0.2) is 0 Å². The Kier molecular flexibility index (Phi) is 3.79. The van der Waals surface area contributed by atoms with Gasteiger partial charge in [0, 0.05) is 12.2 Å². The highest BCUT2D eigenvalue weighted by Gasteiger charge is 2.29. The van der Waals surface area contributed by atoms with Gasteiger partial charge in [0.2, 0.25) is 0 Å². The Morgan fingerprint density at radius 3 is 2.16 bits per heavy atom. The van der Waals surface area contributed by atoms with Crippen molar-refractivity contribution >= 4 is 5.69 Å². The lowest BCUT2D eigenvalue weighted by Crippen LogP contribution is -2.05. The van der Waals surface area contributed by atoms with Gasteiger partial charge in [-0.25, -0.2) is 0 Å². The number of nitrogens with one attached hydrogen (secondary N) is 1. The Hall–Kier alpha value is -1.97. The summed E-state index contributed by atoms with van der Waals surface area (Å²) in [6.07, 6.45) is -4.29. The van der Waals surface area contributed by atoms with Gasteiger partial charge in [-0.1, -0.05) is 30.3 Å². The third kappa shape index (κ3) is 3.50. The van der Waals surface area contributed by atoms with Gasteiger partial charge in [0.25, 0.3) is 0 Å². The second-order valence-electron chi connectivity index (χ2n) is 4.21. The summed E-state index contributed by atoms with van der Waals surface area (Å²) < 4.78 is 37.2. The molecule has 0 aliphatic heterocycles. The zero-order chi connectivity index (χ0) is 13.9. The molecule has 0 aliphatic carbocycles. The minimum Gasteiger partial charge on any atom is -0.381 e. The normalized spacial score (nSPS) is 11.4. The Bertz CT molecular complexity index is 544. The molecule has 0 bridgehead atoms. The first-order chi connectivity index (χ1) is 8.97. The van der Waals surface area contributed by atoms with Crippen molar-refractivity contribution < 1.29 is 13.2 Å². The van der Waals surface area contributed by atoms with E-state index in [0.29, 0.717) is 6.54 Å². The first-order valence-electron chi connectivity index (χ1n) is 5.78. The molecule has 0 unspecified atom stereocenters. The predicted octanol–water partition coefficient (Wildman–Crippen LogP) is 4.50. The Morgan fingerprint density at radius 2 is 1.58 bits per heavy atom. The van der Waals surface area contributed by atoms with Crippen molar-refractivity contribution in [2.24, 2.45) is 0 Å². The van der Waals surface area contributed by atoms with Gasteiger partial charge < -0.3 is 5.32 Å². The van der Waals surface area contributed by atoms with Crippen LogP contribution in [0.25, 0.3) is 0 Å². The van der Waals surface area contributed by atoms with Crippen LogP contribution in [-0.4, -0.2) is 0 Å². The summed E-state index contributed by atoms with van der Waals surface area (Å²) >= 11 is 0. The standard InChI is InChI=1S/C15H13F3N/c1-11-4-2-3-5-14(11)19-10-12-6-8-13(9-7-12)15(16,17)18/h2-9,19H,1,10H2. The number of alkyl halides is 3. The van der Waals surface area contributed by atoms with Gasteiger partial charge in [-0.15, -0.1) is 0 Å². The number of anilines is 1. The van der Waals surface area contributed by atoms with Crippen molar-refractivity contribution in [1.82, 2.24) is 0 Å². The molecule has 0 atom stereocenters. The van der Waals surface area contributed by atoms with Crippen molar-refractivity contribution in [2.45, 2.75) is 12.7 Å². The third-order valence-corrected chi connectivity index (χ3v) is 2.78. The minimum atomic E-state index is -4.29. The molecule has 99 valence electrons. The minimum absolute atomic E-state index is 0.463. The van der Waals surface area contributed by atoms with Crippen LogP contribution in [0.4, 0.5) is 18.9 Å². The second kappa shape index (κ2) is 5.34. The van der Waals surface area contributed by atoms with Gasteiger partial charge in [-0.05, 0) is 36.2 Å². The highest BCUT2D eigenvalue weighted by Crippen LogP contribution is 2.29. The summed E-state index contributed by atoms with van der Waals surface area (Å²) in [4.78, 5) is 0. The van der Waals surface area contributed by atoms with E-state index >= 15 is 0 Å². The van der Waals surface area contributed by atoms with E-state index in [1.165, 1.54) is 12.1 Å². The van der Waals surface area contributed by atoms with E-state index in [0.717, 1.165) is 28.9 Å². The summed E-state index contributed by atoms with van der Waals surface area (Å²) in [5.41, 5.74) is 1.89. The van der Waals surface area contributed by atoms with Crippen molar-refractivity contribution in [3.63, 3.8) is 0 Å². The summed E-state index contributed by atoms with van der Waals surface area (Å²) in [5.74, 6) is 0. The van der Waals surface area contributed by atoms with Gasteiger partial charge in [-0.3, -0.25) is 0 Å². The van der Waals surface area contributed by atoms with Crippen LogP contribution in [0, 0.1) is 6.92 Å². The van der Waals surface area contributed by atoms with Gasteiger partial charge in [-0.2, -0.15) is 13.2 Å². The molecule has 1 N–H and O–H groups in total. The molecule has 1 nitrogen and oxygen atoms in total. The molecule has 0 saturated heterocycles. The molecule has 1 radical (unpaired) electrons. The number of halogens is 3.